The van der Waals surface area contributed by atoms with E-state index in [4.69, 9.17) is 4.74 Å². The molecule has 0 atom stereocenters. The third-order valence-electron chi connectivity index (χ3n) is 3.49. The molecule has 0 aromatic heterocycles. The van der Waals surface area contributed by atoms with Gasteiger partial charge in [-0.1, -0.05) is 26.8 Å². The van der Waals surface area contributed by atoms with Crippen molar-refractivity contribution >= 4 is 23.2 Å². The van der Waals surface area contributed by atoms with E-state index in [1.54, 1.807) is 48.5 Å². The summed E-state index contributed by atoms with van der Waals surface area (Å²) >= 11 is 0. The summed E-state index contributed by atoms with van der Waals surface area (Å²) in [5.41, 5.74) is 1.25. The second-order valence-corrected chi connectivity index (χ2v) is 6.70. The molecule has 2 amide bonds. The van der Waals surface area contributed by atoms with Gasteiger partial charge in [0.05, 0.1) is 6.61 Å². The first-order valence-corrected chi connectivity index (χ1v) is 8.25. The van der Waals surface area contributed by atoms with Crippen molar-refractivity contribution in [2.24, 2.45) is 5.41 Å². The van der Waals surface area contributed by atoms with Crippen molar-refractivity contribution in [3.63, 3.8) is 0 Å². The van der Waals surface area contributed by atoms with Crippen molar-refractivity contribution in [3.8, 4) is 5.75 Å². The lowest BCUT2D eigenvalue weighted by atomic mass is 9.95. The van der Waals surface area contributed by atoms with Gasteiger partial charge in [0.15, 0.2) is 0 Å². The molecule has 0 fully saturated rings. The van der Waals surface area contributed by atoms with E-state index >= 15 is 0 Å². The van der Waals surface area contributed by atoms with Crippen molar-refractivity contribution in [1.82, 2.24) is 0 Å². The normalized spacial score (nSPS) is 10.9. The van der Waals surface area contributed by atoms with Crippen LogP contribution in [0.1, 0.15) is 38.1 Å². The predicted octanol–water partition coefficient (Wildman–Crippen LogP) is 4.32. The van der Waals surface area contributed by atoms with Gasteiger partial charge in [0.2, 0.25) is 5.91 Å². The number of nitrogens with one attached hydrogen (secondary N) is 2. The van der Waals surface area contributed by atoms with Crippen LogP contribution in [0.4, 0.5) is 11.4 Å². The Morgan fingerprint density at radius 1 is 0.960 bits per heavy atom. The smallest absolute Gasteiger partial charge is 0.255 e. The minimum Gasteiger partial charge on any atom is -0.494 e. The molecule has 0 saturated carbocycles. The minimum absolute atomic E-state index is 0.100. The Hall–Kier alpha value is -2.82. The van der Waals surface area contributed by atoms with E-state index in [0.717, 1.165) is 5.75 Å². The van der Waals surface area contributed by atoms with Crippen molar-refractivity contribution in [3.05, 3.63) is 54.1 Å². The van der Waals surface area contributed by atoms with Gasteiger partial charge in [0, 0.05) is 22.4 Å². The highest BCUT2D eigenvalue weighted by atomic mass is 16.5. The molecule has 25 heavy (non-hydrogen) atoms. The lowest BCUT2D eigenvalue weighted by Gasteiger charge is -2.18. The first kappa shape index (κ1) is 18.5. The Labute approximate surface area is 148 Å². The van der Waals surface area contributed by atoms with E-state index < -0.39 is 5.41 Å². The van der Waals surface area contributed by atoms with Crippen LogP contribution in [0, 0.1) is 5.41 Å². The molecule has 2 rings (SSSR count). The molecular weight excluding hydrogens is 316 g/mol. The zero-order valence-electron chi connectivity index (χ0n) is 15.1. The van der Waals surface area contributed by atoms with Crippen molar-refractivity contribution in [1.29, 1.82) is 0 Å². The molecule has 0 heterocycles. The molecule has 5 nitrogen and oxygen atoms in total. The summed E-state index contributed by atoms with van der Waals surface area (Å²) in [7, 11) is 0. The maximum Gasteiger partial charge on any atom is 0.255 e. The Morgan fingerprint density at radius 2 is 1.64 bits per heavy atom. The Bertz CT molecular complexity index is 746. The van der Waals surface area contributed by atoms with Crippen LogP contribution in [0.25, 0.3) is 0 Å². The van der Waals surface area contributed by atoms with Gasteiger partial charge in [0.25, 0.3) is 5.91 Å². The van der Waals surface area contributed by atoms with Crippen LogP contribution in [-0.4, -0.2) is 18.4 Å². The maximum absolute atomic E-state index is 12.4. The molecule has 0 bridgehead atoms. The molecule has 0 radical (unpaired) electrons. The van der Waals surface area contributed by atoms with E-state index in [9.17, 15) is 9.59 Å². The standard InChI is InChI=1S/C20H24N2O3/c1-5-25-17-11-9-15(10-12-17)21-18(23)14-7-6-8-16(13-14)22-19(24)20(2,3)4/h6-13H,5H2,1-4H3,(H,21,23)(H,22,24). The molecule has 0 aliphatic rings. The van der Waals surface area contributed by atoms with Gasteiger partial charge in [-0.2, -0.15) is 0 Å². The summed E-state index contributed by atoms with van der Waals surface area (Å²) in [6.45, 7) is 8.03. The minimum atomic E-state index is -0.499. The topological polar surface area (TPSA) is 67.4 Å². The fraction of sp³-hybridized carbons (Fsp3) is 0.300. The second kappa shape index (κ2) is 7.83. The number of ether oxygens (including phenoxy) is 1. The van der Waals surface area contributed by atoms with Crippen LogP contribution in [0.15, 0.2) is 48.5 Å². The average molecular weight is 340 g/mol. The SMILES string of the molecule is CCOc1ccc(NC(=O)c2cccc(NC(=O)C(C)(C)C)c2)cc1. The molecule has 2 aromatic rings. The zero-order chi connectivity index (χ0) is 18.4. The molecule has 5 heteroatoms. The molecule has 132 valence electrons. The van der Waals surface area contributed by atoms with Gasteiger partial charge in [0.1, 0.15) is 5.75 Å². The summed E-state index contributed by atoms with van der Waals surface area (Å²) in [6.07, 6.45) is 0. The molecule has 0 saturated heterocycles. The van der Waals surface area contributed by atoms with Crippen LogP contribution in [-0.2, 0) is 4.79 Å². The number of hydrogen-bond donors (Lipinski definition) is 2. The number of amides is 2. The second-order valence-electron chi connectivity index (χ2n) is 6.70. The molecule has 2 aromatic carbocycles. The highest BCUT2D eigenvalue weighted by Gasteiger charge is 2.21. The van der Waals surface area contributed by atoms with Crippen LogP contribution in [0.2, 0.25) is 0 Å². The highest BCUT2D eigenvalue weighted by Crippen LogP contribution is 2.20. The van der Waals surface area contributed by atoms with Crippen LogP contribution < -0.4 is 15.4 Å². The zero-order valence-corrected chi connectivity index (χ0v) is 15.1. The van der Waals surface area contributed by atoms with Crippen LogP contribution >= 0.6 is 0 Å². The van der Waals surface area contributed by atoms with E-state index in [1.165, 1.54) is 0 Å². The van der Waals surface area contributed by atoms with Gasteiger partial charge in [-0.15, -0.1) is 0 Å². The first-order chi connectivity index (χ1) is 11.8. The predicted molar refractivity (Wildman–Crippen MR) is 100 cm³/mol. The summed E-state index contributed by atoms with van der Waals surface area (Å²) < 4.78 is 5.38. The molecular formula is C20H24N2O3. The molecule has 0 aliphatic carbocycles. The fourth-order valence-corrected chi connectivity index (χ4v) is 2.06. The molecule has 0 unspecified atom stereocenters. The van der Waals surface area contributed by atoms with Gasteiger partial charge in [-0.3, -0.25) is 9.59 Å². The Morgan fingerprint density at radius 3 is 2.24 bits per heavy atom. The largest absolute Gasteiger partial charge is 0.494 e. The van der Waals surface area contributed by atoms with E-state index in [2.05, 4.69) is 10.6 Å². The van der Waals surface area contributed by atoms with Gasteiger partial charge in [-0.25, -0.2) is 0 Å². The molecule has 2 N–H and O–H groups in total. The number of rotatable bonds is 5. The number of anilines is 2. The average Bonchev–Trinajstić information content (AvgIpc) is 2.56. The fourth-order valence-electron chi connectivity index (χ4n) is 2.06. The number of carbonyl (C=O) groups is 2. The van der Waals surface area contributed by atoms with Crippen LogP contribution in [0.5, 0.6) is 5.75 Å². The lowest BCUT2D eigenvalue weighted by molar-refractivity contribution is -0.123. The summed E-state index contributed by atoms with van der Waals surface area (Å²) in [6, 6.07) is 14.0. The first-order valence-electron chi connectivity index (χ1n) is 8.25. The summed E-state index contributed by atoms with van der Waals surface area (Å²) in [5.74, 6) is 0.417. The number of hydrogen-bond acceptors (Lipinski definition) is 3. The summed E-state index contributed by atoms with van der Waals surface area (Å²) in [5, 5.41) is 5.66. The molecule has 0 aliphatic heterocycles. The third kappa shape index (κ3) is 5.35. The van der Waals surface area contributed by atoms with E-state index in [0.29, 0.717) is 23.5 Å². The summed E-state index contributed by atoms with van der Waals surface area (Å²) in [4.78, 5) is 24.5. The number of carbonyl (C=O) groups excluding carboxylic acids is 2. The van der Waals surface area contributed by atoms with Gasteiger partial charge in [-0.05, 0) is 49.4 Å². The quantitative estimate of drug-likeness (QED) is 0.851. The highest BCUT2D eigenvalue weighted by molar-refractivity contribution is 6.05. The van der Waals surface area contributed by atoms with Gasteiger partial charge >= 0.3 is 0 Å². The van der Waals surface area contributed by atoms with Crippen LogP contribution in [0.3, 0.4) is 0 Å². The van der Waals surface area contributed by atoms with E-state index in [-0.39, 0.29) is 11.8 Å². The Kier molecular flexibility index (Phi) is 5.80. The lowest BCUT2D eigenvalue weighted by Crippen LogP contribution is -2.27. The van der Waals surface area contributed by atoms with Crippen molar-refractivity contribution in [2.45, 2.75) is 27.7 Å². The Balaban J connectivity index is 2.06. The maximum atomic E-state index is 12.4. The van der Waals surface area contributed by atoms with Crippen molar-refractivity contribution < 1.29 is 14.3 Å². The number of benzene rings is 2. The third-order valence-corrected chi connectivity index (χ3v) is 3.49. The van der Waals surface area contributed by atoms with Gasteiger partial charge < -0.3 is 15.4 Å². The van der Waals surface area contributed by atoms with Crippen molar-refractivity contribution in [2.75, 3.05) is 17.2 Å². The van der Waals surface area contributed by atoms with E-state index in [1.807, 2.05) is 27.7 Å². The monoisotopic (exact) mass is 340 g/mol. The molecule has 0 spiro atoms.